The molecule has 1 fully saturated rings. The Hall–Kier alpha value is 0.660. The molecule has 0 aromatic carbocycles. The molecule has 0 aliphatic carbocycles. The monoisotopic (exact) mass is 121 g/mol. The van der Waals surface area contributed by atoms with E-state index in [4.69, 9.17) is 17.4 Å². The lowest BCUT2D eigenvalue weighted by atomic mass is 10.9. The second kappa shape index (κ2) is 2.09. The van der Waals surface area contributed by atoms with E-state index in [1.165, 1.54) is 0 Å². The molecule has 1 aliphatic heterocycles. The van der Waals surface area contributed by atoms with Crippen LogP contribution in [0.15, 0.2) is 0 Å². The van der Waals surface area contributed by atoms with Crippen LogP contribution in [0.1, 0.15) is 0 Å². The van der Waals surface area contributed by atoms with Gasteiger partial charge < -0.3 is 4.74 Å². The van der Waals surface area contributed by atoms with Crippen molar-refractivity contribution in [3.8, 4) is 0 Å². The van der Waals surface area contributed by atoms with Crippen LogP contribution in [0.4, 0.5) is 0 Å². The summed E-state index contributed by atoms with van der Waals surface area (Å²) in [6.45, 7) is 0.846. The zero-order chi connectivity index (χ0) is 4.41. The topological polar surface area (TPSA) is 9.23 Å². The maximum Gasteiger partial charge on any atom is 0.159 e. The van der Waals surface area contributed by atoms with Crippen LogP contribution >= 0.6 is 24.4 Å². The van der Waals surface area contributed by atoms with E-state index in [1.54, 1.807) is 11.8 Å². The summed E-state index contributed by atoms with van der Waals surface area (Å²) in [7, 11) is 0. The summed E-state index contributed by atoms with van der Waals surface area (Å²) in [5.74, 6) is 1.08. The van der Waals surface area contributed by atoms with Crippen LogP contribution in [0.25, 0.3) is 0 Å². The van der Waals surface area contributed by atoms with Gasteiger partial charge in [-0.25, -0.2) is 0 Å². The molecular weight excluding hydrogens is 116 g/mol. The highest BCUT2D eigenvalue weighted by atomic mass is 32.2. The van der Waals surface area contributed by atoms with Crippen LogP contribution in [0.2, 0.25) is 0 Å². The van der Waals surface area contributed by atoms with Gasteiger partial charge in [-0.05, 0) is 12.6 Å². The van der Waals surface area contributed by atoms with Crippen molar-refractivity contribution in [3.05, 3.63) is 0 Å². The molecule has 0 amide bonds. The van der Waals surface area contributed by atoms with Crippen molar-refractivity contribution >= 4 is 24.4 Å². The molecule has 1 atom stereocenters. The molecule has 0 N–H and O–H groups in total. The Balaban J connectivity index is 2.18. The van der Waals surface area contributed by atoms with E-state index in [-0.39, 0.29) is 4.77 Å². The molecule has 1 heterocycles. The fourth-order valence-electron chi connectivity index (χ4n) is 0.337. The molecule has 0 aromatic rings. The number of ether oxygens (including phenoxy) is 1. The Bertz CT molecular complexity index is 42.1. The Morgan fingerprint density at radius 2 is 2.67 bits per heavy atom. The second-order valence-corrected chi connectivity index (χ2v) is 2.93. The van der Waals surface area contributed by atoms with Gasteiger partial charge in [0, 0.05) is 5.75 Å². The van der Waals surface area contributed by atoms with Gasteiger partial charge in [-0.2, -0.15) is 0 Å². The zero-order valence-electron chi connectivity index (χ0n) is 3.22. The first kappa shape index (κ1) is 4.81. The van der Waals surface area contributed by atoms with Gasteiger partial charge in [0.2, 0.25) is 0 Å². The molecule has 1 saturated heterocycles. The average Bonchev–Trinajstić information content (AvgIpc) is 1.86. The molecule has 1 rings (SSSR count). The molecule has 0 aromatic heterocycles. The van der Waals surface area contributed by atoms with Gasteiger partial charge in [0.1, 0.15) is 0 Å². The van der Waals surface area contributed by atoms with E-state index in [0.29, 0.717) is 0 Å². The van der Waals surface area contributed by atoms with E-state index in [0.717, 1.165) is 12.4 Å². The maximum atomic E-state index is 4.93. The van der Waals surface area contributed by atoms with Crippen LogP contribution in [0.5, 0.6) is 0 Å². The molecule has 35 valence electrons. The minimum absolute atomic E-state index is 0.0463. The molecule has 1 radical (unpaired) electrons. The van der Waals surface area contributed by atoms with Crippen LogP contribution in [0, 0.1) is 0 Å². The lowest BCUT2D eigenvalue weighted by molar-refractivity contribution is 0.198. The summed E-state index contributed by atoms with van der Waals surface area (Å²) >= 11 is 6.43. The molecule has 0 bridgehead atoms. The van der Waals surface area contributed by atoms with Gasteiger partial charge in [-0.3, -0.25) is 0 Å². The predicted molar refractivity (Wildman–Crippen MR) is 29.8 cm³/mol. The Labute approximate surface area is 46.9 Å². The third-order valence-electron chi connectivity index (χ3n) is 0.591. The van der Waals surface area contributed by atoms with Gasteiger partial charge in [0.25, 0.3) is 0 Å². The van der Waals surface area contributed by atoms with Crippen molar-refractivity contribution in [2.45, 2.75) is 4.77 Å². The number of hydrogen-bond donors (Lipinski definition) is 0. The summed E-state index contributed by atoms with van der Waals surface area (Å²) in [5.41, 5.74) is 0. The molecule has 1 aliphatic rings. The highest BCUT2D eigenvalue weighted by molar-refractivity contribution is 8.10. The fourth-order valence-corrected chi connectivity index (χ4v) is 1.30. The first-order valence-corrected chi connectivity index (χ1v) is 3.30. The van der Waals surface area contributed by atoms with E-state index in [2.05, 4.69) is 0 Å². The summed E-state index contributed by atoms with van der Waals surface area (Å²) in [5, 5.41) is 0. The number of hydrogen-bond acceptors (Lipinski definition) is 2. The zero-order valence-corrected chi connectivity index (χ0v) is 4.85. The summed E-state index contributed by atoms with van der Waals surface area (Å²) in [6, 6.07) is 0. The van der Waals surface area contributed by atoms with Gasteiger partial charge >= 0.3 is 0 Å². The van der Waals surface area contributed by atoms with Gasteiger partial charge in [0.15, 0.2) is 4.77 Å². The van der Waals surface area contributed by atoms with Crippen LogP contribution in [-0.2, 0) is 4.74 Å². The van der Waals surface area contributed by atoms with Gasteiger partial charge in [-0.15, -0.1) is 11.8 Å². The van der Waals surface area contributed by atoms with Crippen LogP contribution < -0.4 is 0 Å². The normalized spacial score (nSPS) is 34.5. The summed E-state index contributed by atoms with van der Waals surface area (Å²) < 4.78 is 4.98. The molecule has 1 nitrogen and oxygen atoms in total. The first-order chi connectivity index (χ1) is 2.89. The standard InChI is InChI=1S/C3H5OS2/c5-3-4-1-2-6-3/h3H,1-2H2. The van der Waals surface area contributed by atoms with Crippen molar-refractivity contribution in [3.63, 3.8) is 0 Å². The lowest BCUT2D eigenvalue weighted by Crippen LogP contribution is -1.87. The number of rotatable bonds is 0. The van der Waals surface area contributed by atoms with Gasteiger partial charge in [0.05, 0.1) is 6.61 Å². The van der Waals surface area contributed by atoms with Crippen LogP contribution in [0.3, 0.4) is 0 Å². The van der Waals surface area contributed by atoms with E-state index < -0.39 is 0 Å². The third kappa shape index (κ3) is 1.06. The highest BCUT2D eigenvalue weighted by Gasteiger charge is 2.09. The van der Waals surface area contributed by atoms with Gasteiger partial charge in [-0.1, -0.05) is 0 Å². The fraction of sp³-hybridized carbons (Fsp3) is 1.00. The molecular formula is C3H5OS2. The molecule has 0 saturated carbocycles. The quantitative estimate of drug-likeness (QED) is 0.476. The molecule has 6 heavy (non-hydrogen) atoms. The van der Waals surface area contributed by atoms with Crippen molar-refractivity contribution in [1.29, 1.82) is 0 Å². The Morgan fingerprint density at radius 3 is 2.83 bits per heavy atom. The second-order valence-electron chi connectivity index (χ2n) is 1.03. The van der Waals surface area contributed by atoms with Crippen LogP contribution in [-0.4, -0.2) is 17.1 Å². The first-order valence-electron chi connectivity index (χ1n) is 1.78. The van der Waals surface area contributed by atoms with E-state index in [9.17, 15) is 0 Å². The van der Waals surface area contributed by atoms with E-state index >= 15 is 0 Å². The molecule has 1 unspecified atom stereocenters. The molecule has 3 heteroatoms. The summed E-state index contributed by atoms with van der Waals surface area (Å²) in [6.07, 6.45) is 0. The minimum Gasteiger partial charge on any atom is -0.356 e. The smallest absolute Gasteiger partial charge is 0.159 e. The largest absolute Gasteiger partial charge is 0.356 e. The highest BCUT2D eigenvalue weighted by Crippen LogP contribution is 2.21. The summed E-state index contributed by atoms with van der Waals surface area (Å²) in [4.78, 5) is 0. The van der Waals surface area contributed by atoms with Crippen molar-refractivity contribution in [1.82, 2.24) is 0 Å². The van der Waals surface area contributed by atoms with Crippen molar-refractivity contribution in [2.24, 2.45) is 0 Å². The predicted octanol–water partition coefficient (Wildman–Crippen LogP) is 1.23. The van der Waals surface area contributed by atoms with Crippen molar-refractivity contribution in [2.75, 3.05) is 12.4 Å². The lowest BCUT2D eigenvalue weighted by Gasteiger charge is -1.91. The Morgan fingerprint density at radius 1 is 1.83 bits per heavy atom. The SMILES string of the molecule is [S]C1OCCS1. The average molecular weight is 121 g/mol. The maximum absolute atomic E-state index is 4.93. The minimum atomic E-state index is 0.0463. The third-order valence-corrected chi connectivity index (χ3v) is 1.95. The van der Waals surface area contributed by atoms with Crippen molar-refractivity contribution < 1.29 is 4.74 Å². The number of thioether (sulfide) groups is 1. The Kier molecular flexibility index (Phi) is 1.68. The van der Waals surface area contributed by atoms with E-state index in [1.807, 2.05) is 0 Å². The molecule has 0 spiro atoms.